The number of hydrogen-bond donors (Lipinski definition) is 1. The first-order valence-corrected chi connectivity index (χ1v) is 8.21. The Hall–Kier alpha value is -1.37. The lowest BCUT2D eigenvalue weighted by atomic mass is 10.2. The molecular weight excluding hydrogens is 342 g/mol. The molecule has 0 bridgehead atoms. The molecule has 0 aliphatic rings. The first-order chi connectivity index (χ1) is 9.36. The number of sulfonamides is 1. The van der Waals surface area contributed by atoms with E-state index in [-0.39, 0.29) is 17.3 Å². The van der Waals surface area contributed by atoms with E-state index in [4.69, 9.17) is 9.88 Å². The average molecular weight is 356 g/mol. The number of hydrogen-bond acceptors (Lipinski definition) is 3. The van der Waals surface area contributed by atoms with E-state index in [2.05, 4.69) is 15.9 Å². The van der Waals surface area contributed by atoms with Gasteiger partial charge in [0, 0.05) is 4.47 Å². The van der Waals surface area contributed by atoms with Gasteiger partial charge in [0.25, 0.3) is 0 Å². The van der Waals surface area contributed by atoms with Crippen LogP contribution in [-0.2, 0) is 16.6 Å². The van der Waals surface area contributed by atoms with Gasteiger partial charge in [-0.25, -0.2) is 13.6 Å². The summed E-state index contributed by atoms with van der Waals surface area (Å²) in [5, 5.41) is 5.20. The normalized spacial score (nSPS) is 11.3. The first-order valence-electron chi connectivity index (χ1n) is 5.87. The average Bonchev–Trinajstić information content (AvgIpc) is 2.38. The maximum atomic E-state index is 11.6. The maximum Gasteiger partial charge on any atom is 0.241 e. The molecule has 4 nitrogen and oxygen atoms in total. The van der Waals surface area contributed by atoms with Crippen LogP contribution in [0.2, 0.25) is 0 Å². The summed E-state index contributed by atoms with van der Waals surface area (Å²) >= 11 is 3.35. The molecule has 6 heteroatoms. The topological polar surface area (TPSA) is 69.4 Å². The van der Waals surface area contributed by atoms with Crippen LogP contribution >= 0.6 is 15.9 Å². The molecule has 0 fully saturated rings. The van der Waals surface area contributed by atoms with Crippen LogP contribution in [0, 0.1) is 6.92 Å². The van der Waals surface area contributed by atoms with Crippen molar-refractivity contribution in [2.45, 2.75) is 18.4 Å². The Kier molecular flexibility index (Phi) is 4.47. The predicted octanol–water partition coefficient (Wildman–Crippen LogP) is 2.98. The van der Waals surface area contributed by atoms with E-state index in [1.54, 1.807) is 19.1 Å². The second-order valence-electron chi connectivity index (χ2n) is 4.41. The van der Waals surface area contributed by atoms with Gasteiger partial charge in [0.2, 0.25) is 10.0 Å². The molecule has 2 aromatic rings. The Morgan fingerprint density at radius 3 is 2.40 bits per heavy atom. The summed E-state index contributed by atoms with van der Waals surface area (Å²) in [5.74, 6) is 0.265. The third kappa shape index (κ3) is 3.82. The number of rotatable bonds is 4. The van der Waals surface area contributed by atoms with E-state index in [1.165, 1.54) is 6.07 Å². The second-order valence-corrected chi connectivity index (χ2v) is 6.86. The largest absolute Gasteiger partial charge is 0.487 e. The lowest BCUT2D eigenvalue weighted by molar-refractivity contribution is 0.298. The molecule has 0 saturated heterocycles. The molecule has 0 saturated carbocycles. The molecule has 2 aromatic carbocycles. The molecule has 0 amide bonds. The zero-order valence-electron chi connectivity index (χ0n) is 10.8. The molecule has 2 rings (SSSR count). The molecule has 0 unspecified atom stereocenters. The predicted molar refractivity (Wildman–Crippen MR) is 81.0 cm³/mol. The molecule has 0 aliphatic carbocycles. The van der Waals surface area contributed by atoms with E-state index < -0.39 is 10.0 Å². The Balaban J connectivity index is 2.23. The van der Waals surface area contributed by atoms with Crippen LogP contribution in [0.5, 0.6) is 5.75 Å². The van der Waals surface area contributed by atoms with E-state index >= 15 is 0 Å². The fourth-order valence-electron chi connectivity index (χ4n) is 1.70. The molecule has 106 valence electrons. The van der Waals surface area contributed by atoms with E-state index in [0.29, 0.717) is 0 Å². The molecule has 2 N–H and O–H groups in total. The lowest BCUT2D eigenvalue weighted by Gasteiger charge is -2.11. The fraction of sp³-hybridized carbons (Fsp3) is 0.143. The van der Waals surface area contributed by atoms with Crippen LogP contribution in [0.15, 0.2) is 51.8 Å². The van der Waals surface area contributed by atoms with Crippen LogP contribution in [0.3, 0.4) is 0 Å². The molecule has 0 radical (unpaired) electrons. The summed E-state index contributed by atoms with van der Waals surface area (Å²) in [7, 11) is -3.80. The van der Waals surface area contributed by atoms with Gasteiger partial charge in [-0.15, -0.1) is 0 Å². The number of primary sulfonamides is 1. The van der Waals surface area contributed by atoms with E-state index in [9.17, 15) is 8.42 Å². The minimum Gasteiger partial charge on any atom is -0.487 e. The highest BCUT2D eigenvalue weighted by molar-refractivity contribution is 9.10. The SMILES string of the molecule is Cc1ccc(OCc2ccc(Br)cc2)c(S(N)(=O)=O)c1. The van der Waals surface area contributed by atoms with Crippen LogP contribution < -0.4 is 9.88 Å². The van der Waals surface area contributed by atoms with Crippen molar-refractivity contribution >= 4 is 26.0 Å². The van der Waals surface area contributed by atoms with Gasteiger partial charge in [0.15, 0.2) is 0 Å². The minimum absolute atomic E-state index is 0.00890. The monoisotopic (exact) mass is 355 g/mol. The smallest absolute Gasteiger partial charge is 0.241 e. The molecule has 0 aromatic heterocycles. The van der Waals surface area contributed by atoms with Crippen molar-refractivity contribution in [1.82, 2.24) is 0 Å². The van der Waals surface area contributed by atoms with Gasteiger partial charge in [0.05, 0.1) is 0 Å². The standard InChI is InChI=1S/C14H14BrNO3S/c1-10-2-7-13(14(8-10)20(16,17)18)19-9-11-3-5-12(15)6-4-11/h2-8H,9H2,1H3,(H2,16,17,18). The van der Waals surface area contributed by atoms with Gasteiger partial charge in [-0.2, -0.15) is 0 Å². The minimum atomic E-state index is -3.80. The van der Waals surface area contributed by atoms with Crippen LogP contribution in [0.4, 0.5) is 0 Å². The zero-order chi connectivity index (χ0) is 14.8. The second kappa shape index (κ2) is 5.95. The Labute approximate surface area is 126 Å². The van der Waals surface area contributed by atoms with Crippen LogP contribution in [0.25, 0.3) is 0 Å². The quantitative estimate of drug-likeness (QED) is 0.916. The van der Waals surface area contributed by atoms with Gasteiger partial charge in [-0.05, 0) is 42.3 Å². The van der Waals surface area contributed by atoms with E-state index in [0.717, 1.165) is 15.6 Å². The highest BCUT2D eigenvalue weighted by atomic mass is 79.9. The van der Waals surface area contributed by atoms with Crippen molar-refractivity contribution in [1.29, 1.82) is 0 Å². The van der Waals surface area contributed by atoms with Crippen molar-refractivity contribution < 1.29 is 13.2 Å². The highest BCUT2D eigenvalue weighted by Gasteiger charge is 2.15. The van der Waals surface area contributed by atoms with Gasteiger partial charge in [0.1, 0.15) is 17.3 Å². The Morgan fingerprint density at radius 2 is 1.80 bits per heavy atom. The number of benzene rings is 2. The molecule has 0 atom stereocenters. The van der Waals surface area contributed by atoms with Gasteiger partial charge in [-0.3, -0.25) is 0 Å². The summed E-state index contributed by atoms with van der Waals surface area (Å²) in [6, 6.07) is 12.5. The molecular formula is C14H14BrNO3S. The zero-order valence-corrected chi connectivity index (χ0v) is 13.2. The number of halogens is 1. The van der Waals surface area contributed by atoms with Crippen molar-refractivity contribution in [2.24, 2.45) is 5.14 Å². The molecule has 0 heterocycles. The summed E-state index contributed by atoms with van der Waals surface area (Å²) in [5.41, 5.74) is 1.75. The number of nitrogens with two attached hydrogens (primary N) is 1. The summed E-state index contributed by atoms with van der Waals surface area (Å²) < 4.78 is 29.7. The molecule has 0 spiro atoms. The first kappa shape index (κ1) is 15.0. The number of aryl methyl sites for hydroxylation is 1. The fourth-order valence-corrected chi connectivity index (χ4v) is 2.72. The third-order valence-corrected chi connectivity index (χ3v) is 4.17. The Morgan fingerprint density at radius 1 is 1.15 bits per heavy atom. The number of ether oxygens (including phenoxy) is 1. The van der Waals surface area contributed by atoms with Crippen LogP contribution in [-0.4, -0.2) is 8.42 Å². The van der Waals surface area contributed by atoms with Gasteiger partial charge >= 0.3 is 0 Å². The maximum absolute atomic E-state index is 11.6. The van der Waals surface area contributed by atoms with Crippen molar-refractivity contribution in [3.05, 3.63) is 58.1 Å². The van der Waals surface area contributed by atoms with Gasteiger partial charge < -0.3 is 4.74 Å². The third-order valence-electron chi connectivity index (χ3n) is 2.71. The summed E-state index contributed by atoms with van der Waals surface area (Å²) in [4.78, 5) is 0.00890. The lowest BCUT2D eigenvalue weighted by Crippen LogP contribution is -2.14. The molecule has 20 heavy (non-hydrogen) atoms. The van der Waals surface area contributed by atoms with Crippen molar-refractivity contribution in [2.75, 3.05) is 0 Å². The molecule has 0 aliphatic heterocycles. The summed E-state index contributed by atoms with van der Waals surface area (Å²) in [6.07, 6.45) is 0. The summed E-state index contributed by atoms with van der Waals surface area (Å²) in [6.45, 7) is 2.08. The van der Waals surface area contributed by atoms with Crippen LogP contribution in [0.1, 0.15) is 11.1 Å². The van der Waals surface area contributed by atoms with Crippen molar-refractivity contribution in [3.63, 3.8) is 0 Å². The Bertz CT molecular complexity index is 712. The highest BCUT2D eigenvalue weighted by Crippen LogP contribution is 2.25. The van der Waals surface area contributed by atoms with Gasteiger partial charge in [-0.1, -0.05) is 34.1 Å². The van der Waals surface area contributed by atoms with E-state index in [1.807, 2.05) is 24.3 Å². The van der Waals surface area contributed by atoms with Crippen molar-refractivity contribution in [3.8, 4) is 5.75 Å².